The van der Waals surface area contributed by atoms with E-state index in [2.05, 4.69) is 41.2 Å². The first-order valence-corrected chi connectivity index (χ1v) is 6.77. The highest BCUT2D eigenvalue weighted by Gasteiger charge is 2.13. The Bertz CT molecular complexity index is 728. The van der Waals surface area contributed by atoms with Crippen LogP contribution in [-0.4, -0.2) is 9.97 Å². The predicted octanol–water partition coefficient (Wildman–Crippen LogP) is 4.28. The number of fused-ring (bicyclic) bond motifs is 1. The van der Waals surface area contributed by atoms with E-state index < -0.39 is 0 Å². The molecule has 0 unspecified atom stereocenters. The summed E-state index contributed by atoms with van der Waals surface area (Å²) in [5.41, 5.74) is 4.29. The summed E-state index contributed by atoms with van der Waals surface area (Å²) in [5, 5.41) is 1.32. The summed E-state index contributed by atoms with van der Waals surface area (Å²) in [7, 11) is 0. The van der Waals surface area contributed by atoms with Crippen LogP contribution in [0.15, 0.2) is 30.5 Å². The van der Waals surface area contributed by atoms with E-state index in [0.29, 0.717) is 0 Å². The predicted molar refractivity (Wildman–Crippen MR) is 77.1 cm³/mol. The van der Waals surface area contributed by atoms with Gasteiger partial charge < -0.3 is 0 Å². The van der Waals surface area contributed by atoms with Gasteiger partial charge in [-0.15, -0.1) is 11.3 Å². The summed E-state index contributed by atoms with van der Waals surface area (Å²) >= 11 is 1.80. The average Bonchev–Trinajstić information content (AvgIpc) is 2.71. The largest absolute Gasteiger partial charge is 0.257 e. The summed E-state index contributed by atoms with van der Waals surface area (Å²) in [5.74, 6) is 0. The minimum absolute atomic E-state index is 0.965. The van der Waals surface area contributed by atoms with Crippen LogP contribution in [0.2, 0.25) is 0 Å². The van der Waals surface area contributed by atoms with E-state index in [1.54, 1.807) is 11.3 Å². The SMILES string of the molecule is Cc1cnc(C)c(-c2sc3ccccc3c2C)n1. The molecule has 2 nitrogen and oxygen atoms in total. The average molecular weight is 254 g/mol. The second-order valence-electron chi connectivity index (χ2n) is 4.50. The van der Waals surface area contributed by atoms with Gasteiger partial charge >= 0.3 is 0 Å². The molecule has 0 aliphatic rings. The highest BCUT2D eigenvalue weighted by molar-refractivity contribution is 7.22. The summed E-state index contributed by atoms with van der Waals surface area (Å²) in [6.45, 7) is 6.17. The van der Waals surface area contributed by atoms with Gasteiger partial charge in [-0.05, 0) is 37.8 Å². The molecule has 0 atom stereocenters. The van der Waals surface area contributed by atoms with E-state index in [1.165, 1.54) is 20.5 Å². The summed E-state index contributed by atoms with van der Waals surface area (Å²) in [4.78, 5) is 10.3. The lowest BCUT2D eigenvalue weighted by Gasteiger charge is -2.04. The Morgan fingerprint density at radius 1 is 1.06 bits per heavy atom. The molecule has 0 aliphatic carbocycles. The zero-order valence-electron chi connectivity index (χ0n) is 10.7. The van der Waals surface area contributed by atoms with Gasteiger partial charge in [0.25, 0.3) is 0 Å². The van der Waals surface area contributed by atoms with Crippen molar-refractivity contribution in [1.82, 2.24) is 9.97 Å². The van der Waals surface area contributed by atoms with Crippen LogP contribution in [0.25, 0.3) is 20.7 Å². The quantitative estimate of drug-likeness (QED) is 0.647. The van der Waals surface area contributed by atoms with Crippen LogP contribution in [0.4, 0.5) is 0 Å². The van der Waals surface area contributed by atoms with Crippen molar-refractivity contribution in [1.29, 1.82) is 0 Å². The minimum Gasteiger partial charge on any atom is -0.257 e. The Morgan fingerprint density at radius 3 is 2.61 bits per heavy atom. The second kappa shape index (κ2) is 4.18. The second-order valence-corrected chi connectivity index (χ2v) is 5.55. The first-order valence-electron chi connectivity index (χ1n) is 5.95. The van der Waals surface area contributed by atoms with Gasteiger partial charge in [-0.25, -0.2) is 4.98 Å². The molecule has 0 aliphatic heterocycles. The number of hydrogen-bond donors (Lipinski definition) is 0. The molecule has 2 heterocycles. The van der Waals surface area contributed by atoms with E-state index in [1.807, 2.05) is 20.0 Å². The topological polar surface area (TPSA) is 25.8 Å². The number of aromatic nitrogens is 2. The summed E-state index contributed by atoms with van der Waals surface area (Å²) in [6.07, 6.45) is 1.82. The van der Waals surface area contributed by atoms with Gasteiger partial charge in [-0.3, -0.25) is 4.98 Å². The summed E-state index contributed by atoms with van der Waals surface area (Å²) in [6, 6.07) is 8.50. The number of nitrogens with zero attached hydrogens (tertiary/aromatic N) is 2. The maximum atomic E-state index is 4.65. The van der Waals surface area contributed by atoms with Crippen LogP contribution < -0.4 is 0 Å². The molecule has 0 spiro atoms. The molecular weight excluding hydrogens is 240 g/mol. The Labute approximate surface area is 110 Å². The molecule has 3 heteroatoms. The van der Waals surface area contributed by atoms with Crippen molar-refractivity contribution in [3.8, 4) is 10.6 Å². The monoisotopic (exact) mass is 254 g/mol. The van der Waals surface area contributed by atoms with Crippen LogP contribution in [-0.2, 0) is 0 Å². The van der Waals surface area contributed by atoms with Crippen LogP contribution >= 0.6 is 11.3 Å². The molecular formula is C15H14N2S. The zero-order valence-corrected chi connectivity index (χ0v) is 11.5. The van der Waals surface area contributed by atoms with Gasteiger partial charge in [0.2, 0.25) is 0 Å². The standard InChI is InChI=1S/C15H14N2S/c1-9-8-16-11(3)14(17-9)15-10(2)12-6-4-5-7-13(12)18-15/h4-8H,1-3H3. The number of hydrogen-bond acceptors (Lipinski definition) is 3. The van der Waals surface area contributed by atoms with Crippen molar-refractivity contribution in [3.05, 3.63) is 47.4 Å². The normalized spacial score (nSPS) is 11.1. The van der Waals surface area contributed by atoms with E-state index in [9.17, 15) is 0 Å². The van der Waals surface area contributed by atoms with Crippen molar-refractivity contribution in [2.24, 2.45) is 0 Å². The van der Waals surface area contributed by atoms with Crippen molar-refractivity contribution >= 4 is 21.4 Å². The van der Waals surface area contributed by atoms with Crippen molar-refractivity contribution in [2.75, 3.05) is 0 Å². The lowest BCUT2D eigenvalue weighted by molar-refractivity contribution is 1.07. The molecule has 0 bridgehead atoms. The van der Waals surface area contributed by atoms with Gasteiger partial charge in [0.05, 0.1) is 16.3 Å². The molecule has 0 saturated heterocycles. The number of rotatable bonds is 1. The fraction of sp³-hybridized carbons (Fsp3) is 0.200. The van der Waals surface area contributed by atoms with E-state index in [0.717, 1.165) is 17.1 Å². The minimum atomic E-state index is 0.965. The molecule has 0 amide bonds. The van der Waals surface area contributed by atoms with Crippen LogP contribution in [0.3, 0.4) is 0 Å². The molecule has 3 aromatic rings. The van der Waals surface area contributed by atoms with Gasteiger partial charge in [-0.2, -0.15) is 0 Å². The molecule has 0 N–H and O–H groups in total. The fourth-order valence-electron chi connectivity index (χ4n) is 2.15. The first-order chi connectivity index (χ1) is 8.66. The Morgan fingerprint density at radius 2 is 1.83 bits per heavy atom. The lowest BCUT2D eigenvalue weighted by atomic mass is 10.1. The number of thiophene rings is 1. The Hall–Kier alpha value is -1.74. The smallest absolute Gasteiger partial charge is 0.102 e. The highest BCUT2D eigenvalue weighted by Crippen LogP contribution is 2.37. The molecule has 90 valence electrons. The zero-order chi connectivity index (χ0) is 12.7. The lowest BCUT2D eigenvalue weighted by Crippen LogP contribution is -1.93. The van der Waals surface area contributed by atoms with Crippen molar-refractivity contribution in [3.63, 3.8) is 0 Å². The van der Waals surface area contributed by atoms with Gasteiger partial charge in [0.15, 0.2) is 0 Å². The Kier molecular flexibility index (Phi) is 2.63. The van der Waals surface area contributed by atoms with E-state index >= 15 is 0 Å². The highest BCUT2D eigenvalue weighted by atomic mass is 32.1. The summed E-state index contributed by atoms with van der Waals surface area (Å²) < 4.78 is 1.31. The molecule has 1 aromatic carbocycles. The van der Waals surface area contributed by atoms with Crippen LogP contribution in [0.5, 0.6) is 0 Å². The third kappa shape index (κ3) is 1.71. The van der Waals surface area contributed by atoms with Gasteiger partial charge in [-0.1, -0.05) is 18.2 Å². The van der Waals surface area contributed by atoms with Crippen molar-refractivity contribution < 1.29 is 0 Å². The first kappa shape index (κ1) is 11.4. The molecule has 18 heavy (non-hydrogen) atoms. The van der Waals surface area contributed by atoms with E-state index in [4.69, 9.17) is 0 Å². The molecule has 0 saturated carbocycles. The molecule has 2 aromatic heterocycles. The third-order valence-corrected chi connectivity index (χ3v) is 4.41. The van der Waals surface area contributed by atoms with Crippen LogP contribution in [0.1, 0.15) is 17.0 Å². The number of aryl methyl sites for hydroxylation is 3. The van der Waals surface area contributed by atoms with Crippen molar-refractivity contribution in [2.45, 2.75) is 20.8 Å². The molecule has 3 rings (SSSR count). The van der Waals surface area contributed by atoms with Crippen LogP contribution in [0, 0.1) is 20.8 Å². The van der Waals surface area contributed by atoms with E-state index in [-0.39, 0.29) is 0 Å². The fourth-order valence-corrected chi connectivity index (χ4v) is 3.40. The van der Waals surface area contributed by atoms with Gasteiger partial charge in [0.1, 0.15) is 5.69 Å². The third-order valence-electron chi connectivity index (χ3n) is 3.13. The molecule has 0 radical (unpaired) electrons. The maximum Gasteiger partial charge on any atom is 0.102 e. The van der Waals surface area contributed by atoms with Gasteiger partial charge in [0, 0.05) is 10.9 Å². The molecule has 0 fully saturated rings. The Balaban J connectivity index is 2.31. The number of benzene rings is 1. The maximum absolute atomic E-state index is 4.65.